The Kier molecular flexibility index (Phi) is 8.25. The number of thiophene rings is 2. The van der Waals surface area contributed by atoms with E-state index in [-0.39, 0.29) is 28.4 Å². The van der Waals surface area contributed by atoms with Crippen molar-refractivity contribution in [3.05, 3.63) is 125 Å². The lowest BCUT2D eigenvalue weighted by Crippen LogP contribution is -2.59. The van der Waals surface area contributed by atoms with E-state index >= 15 is 0 Å². The molecule has 0 N–H and O–H groups in total. The van der Waals surface area contributed by atoms with Crippen LogP contribution in [0.3, 0.4) is 0 Å². The number of hydrogen-bond acceptors (Lipinski definition) is 4. The molecule has 2 nitrogen and oxygen atoms in total. The highest BCUT2D eigenvalue weighted by Crippen LogP contribution is 2.56. The molecule has 0 saturated heterocycles. The third-order valence-electron chi connectivity index (χ3n) is 16.3. The first-order valence-corrected chi connectivity index (χ1v) is 25.0. The van der Waals surface area contributed by atoms with Crippen molar-refractivity contribution in [2.24, 2.45) is 0 Å². The number of benzene rings is 5. The van der Waals surface area contributed by atoms with Crippen LogP contribution in [0.1, 0.15) is 147 Å². The van der Waals surface area contributed by atoms with Crippen molar-refractivity contribution >= 4 is 98.7 Å². The molecule has 3 aliphatic carbocycles. The summed E-state index contributed by atoms with van der Waals surface area (Å²) in [5.74, 6) is 0.565. The molecule has 2 aromatic heterocycles. The fourth-order valence-electron chi connectivity index (χ4n) is 12.5. The Morgan fingerprint density at radius 3 is 1.30 bits per heavy atom. The fourth-order valence-corrected chi connectivity index (χ4v) is 15.2. The highest BCUT2D eigenvalue weighted by molar-refractivity contribution is 7.40. The van der Waals surface area contributed by atoms with Gasteiger partial charge in [0.25, 0.3) is 6.71 Å². The van der Waals surface area contributed by atoms with Gasteiger partial charge < -0.3 is 9.80 Å². The van der Waals surface area contributed by atoms with Gasteiger partial charge in [0.1, 0.15) is 0 Å². The lowest BCUT2D eigenvalue weighted by molar-refractivity contribution is 0.332. The second-order valence-corrected chi connectivity index (χ2v) is 24.2. The molecule has 12 rings (SSSR count). The summed E-state index contributed by atoms with van der Waals surface area (Å²) < 4.78 is 5.87. The van der Waals surface area contributed by atoms with E-state index in [0.717, 1.165) is 0 Å². The standard InChI is InChI=1S/C56H59BN2S2/c1-53(2)24-26-55(5,6)42-32-46-38(30-40(42)53)49-51(60-46)57-48-44(58(49)36-20-14-10-15-21-36)28-35(34-18-12-9-13-19-34)29-45(48)59(37-22-16-11-17-23-37)50-39-31-41-43(33-47(39)61-52(50)57)56(7,8)27-25-54(41,3)4/h10-11,14-17,20-23,28-34H,9,12-13,18-19,24-27H2,1-8H3. The van der Waals surface area contributed by atoms with Crippen LogP contribution in [0.4, 0.5) is 34.1 Å². The minimum Gasteiger partial charge on any atom is -0.310 e. The van der Waals surface area contributed by atoms with Crippen molar-refractivity contribution in [2.45, 2.75) is 141 Å². The van der Waals surface area contributed by atoms with Crippen molar-refractivity contribution in [1.29, 1.82) is 0 Å². The van der Waals surface area contributed by atoms with E-state index in [2.05, 4.69) is 185 Å². The maximum Gasteiger partial charge on any atom is 0.277 e. The average Bonchev–Trinajstić information content (AvgIpc) is 3.82. The maximum atomic E-state index is 2.72. The second kappa shape index (κ2) is 13.1. The maximum absolute atomic E-state index is 2.72. The summed E-state index contributed by atoms with van der Waals surface area (Å²) in [6.45, 7) is 20.0. The van der Waals surface area contributed by atoms with Crippen LogP contribution in [-0.2, 0) is 21.7 Å². The molecule has 0 unspecified atom stereocenters. The zero-order valence-electron chi connectivity index (χ0n) is 37.5. The third-order valence-corrected chi connectivity index (χ3v) is 18.7. The van der Waals surface area contributed by atoms with E-state index in [9.17, 15) is 0 Å². The molecule has 5 aliphatic rings. The Morgan fingerprint density at radius 2 is 0.885 bits per heavy atom. The quantitative estimate of drug-likeness (QED) is 0.164. The molecule has 5 aromatic carbocycles. The van der Waals surface area contributed by atoms with E-state index in [1.54, 1.807) is 22.3 Å². The first kappa shape index (κ1) is 38.4. The summed E-state index contributed by atoms with van der Waals surface area (Å²) >= 11 is 4.17. The molecule has 2 aliphatic heterocycles. The highest BCUT2D eigenvalue weighted by Gasteiger charge is 2.49. The minimum atomic E-state index is 0.125. The summed E-state index contributed by atoms with van der Waals surface area (Å²) in [6.07, 6.45) is 11.4. The number of nitrogens with zero attached hydrogens (tertiary/aromatic N) is 2. The normalized spacial score (nSPS) is 20.6. The molecule has 0 radical (unpaired) electrons. The number of para-hydroxylation sites is 2. The molecule has 308 valence electrons. The van der Waals surface area contributed by atoms with E-state index in [0.29, 0.717) is 5.92 Å². The van der Waals surface area contributed by atoms with Gasteiger partial charge in [-0.2, -0.15) is 0 Å². The van der Waals surface area contributed by atoms with Gasteiger partial charge in [-0.05, 0) is 160 Å². The lowest BCUT2D eigenvalue weighted by atomic mass is 9.39. The zero-order chi connectivity index (χ0) is 41.8. The molecule has 61 heavy (non-hydrogen) atoms. The van der Waals surface area contributed by atoms with Crippen molar-refractivity contribution in [2.75, 3.05) is 9.80 Å². The molecule has 0 bridgehead atoms. The van der Waals surface area contributed by atoms with Crippen LogP contribution in [0.5, 0.6) is 0 Å². The summed E-state index contributed by atoms with van der Waals surface area (Å²) in [7, 11) is 0. The third kappa shape index (κ3) is 5.57. The number of fused-ring (bicyclic) bond motifs is 10. The summed E-state index contributed by atoms with van der Waals surface area (Å²) in [4.78, 5) is 5.43. The number of anilines is 6. The average molecular weight is 835 g/mol. The van der Waals surface area contributed by atoms with Gasteiger partial charge >= 0.3 is 0 Å². The van der Waals surface area contributed by atoms with Gasteiger partial charge in [-0.1, -0.05) is 111 Å². The summed E-state index contributed by atoms with van der Waals surface area (Å²) in [6, 6.07) is 38.7. The number of rotatable bonds is 3. The van der Waals surface area contributed by atoms with Crippen LogP contribution in [0.25, 0.3) is 20.2 Å². The monoisotopic (exact) mass is 834 g/mol. The largest absolute Gasteiger partial charge is 0.310 e. The Balaban J connectivity index is 1.23. The van der Waals surface area contributed by atoms with Gasteiger partial charge in [-0.25, -0.2) is 0 Å². The van der Waals surface area contributed by atoms with Crippen LogP contribution < -0.4 is 24.8 Å². The molecule has 0 spiro atoms. The van der Waals surface area contributed by atoms with E-state index < -0.39 is 0 Å². The molecule has 1 saturated carbocycles. The Bertz CT molecular complexity index is 2740. The summed E-state index contributed by atoms with van der Waals surface area (Å²) in [5.41, 5.74) is 17.8. The SMILES string of the molecule is CC1(C)CCC(C)(C)c2cc3c4c(sc3cc21)B1c2sc3cc5c(cc3c2N(c2ccccc2)c2cc(C3CCCCC3)cc(c21)N4c1ccccc1)C(C)(C)CCC5(C)C. The highest BCUT2D eigenvalue weighted by atomic mass is 32.1. The molecule has 7 aromatic rings. The summed E-state index contributed by atoms with van der Waals surface area (Å²) in [5, 5.41) is 2.85. The Morgan fingerprint density at radius 1 is 0.492 bits per heavy atom. The van der Waals surface area contributed by atoms with Gasteiger partial charge in [0, 0.05) is 52.5 Å². The van der Waals surface area contributed by atoms with E-state index in [1.807, 2.05) is 0 Å². The van der Waals surface area contributed by atoms with Crippen LogP contribution in [0.15, 0.2) is 97.1 Å². The Hall–Kier alpha value is -4.32. The predicted octanol–water partition coefficient (Wildman–Crippen LogP) is 14.9. The zero-order valence-corrected chi connectivity index (χ0v) is 39.1. The van der Waals surface area contributed by atoms with Crippen LogP contribution >= 0.6 is 22.7 Å². The first-order valence-electron chi connectivity index (χ1n) is 23.3. The predicted molar refractivity (Wildman–Crippen MR) is 268 cm³/mol. The van der Waals surface area contributed by atoms with Gasteiger partial charge in [0.2, 0.25) is 0 Å². The van der Waals surface area contributed by atoms with Crippen LogP contribution in [0.2, 0.25) is 0 Å². The van der Waals surface area contributed by atoms with Crippen molar-refractivity contribution in [1.82, 2.24) is 0 Å². The Labute approximate surface area is 372 Å². The van der Waals surface area contributed by atoms with Crippen molar-refractivity contribution in [3.63, 3.8) is 0 Å². The smallest absolute Gasteiger partial charge is 0.277 e. The molecular weight excluding hydrogens is 776 g/mol. The topological polar surface area (TPSA) is 6.48 Å². The fraction of sp³-hybridized carbons (Fsp3) is 0.393. The van der Waals surface area contributed by atoms with E-state index in [1.165, 1.54) is 133 Å². The minimum absolute atomic E-state index is 0.125. The molecule has 0 amide bonds. The molecular formula is C56H59BN2S2. The molecule has 4 heterocycles. The van der Waals surface area contributed by atoms with Gasteiger partial charge in [0.05, 0.1) is 11.4 Å². The first-order chi connectivity index (χ1) is 29.2. The molecule has 5 heteroatoms. The molecule has 1 fully saturated rings. The van der Waals surface area contributed by atoms with E-state index in [4.69, 9.17) is 0 Å². The van der Waals surface area contributed by atoms with Gasteiger partial charge in [-0.3, -0.25) is 0 Å². The lowest BCUT2D eigenvalue weighted by Gasteiger charge is -2.43. The van der Waals surface area contributed by atoms with Crippen molar-refractivity contribution in [3.8, 4) is 0 Å². The molecule has 0 atom stereocenters. The van der Waals surface area contributed by atoms with Gasteiger partial charge in [0.15, 0.2) is 0 Å². The number of hydrogen-bond donors (Lipinski definition) is 0. The van der Waals surface area contributed by atoms with Gasteiger partial charge in [-0.15, -0.1) is 22.7 Å². The second-order valence-electron chi connectivity index (χ2n) is 22.0. The van der Waals surface area contributed by atoms with Crippen LogP contribution in [-0.4, -0.2) is 6.71 Å². The van der Waals surface area contributed by atoms with Crippen molar-refractivity contribution < 1.29 is 0 Å². The van der Waals surface area contributed by atoms with Crippen LogP contribution in [0, 0.1) is 0 Å².